The molecule has 2 amide bonds. The first kappa shape index (κ1) is 14.1. The molecule has 17 heavy (non-hydrogen) atoms. The average Bonchev–Trinajstić information content (AvgIpc) is 2.12. The van der Waals surface area contributed by atoms with Crippen molar-refractivity contribution in [3.8, 4) is 0 Å². The summed E-state index contributed by atoms with van der Waals surface area (Å²) in [7, 11) is -3.19. The Hall–Kier alpha value is -0.990. The summed E-state index contributed by atoms with van der Waals surface area (Å²) in [6.07, 6.45) is -3.61. The van der Waals surface area contributed by atoms with E-state index in [1.165, 1.54) is 0 Å². The molecule has 100 valence electrons. The highest BCUT2D eigenvalue weighted by molar-refractivity contribution is 7.91. The first-order valence-corrected chi connectivity index (χ1v) is 6.82. The fraction of sp³-hybridized carbons (Fsp3) is 0.875. The molecule has 1 atom stereocenters. The lowest BCUT2D eigenvalue weighted by atomic mass is 10.2. The van der Waals surface area contributed by atoms with Crippen LogP contribution in [0, 0.1) is 0 Å². The van der Waals surface area contributed by atoms with Crippen molar-refractivity contribution in [3.05, 3.63) is 0 Å². The van der Waals surface area contributed by atoms with E-state index in [1.807, 2.05) is 0 Å². The Bertz CT molecular complexity index is 380. The standard InChI is InChI=1S/C8H13F3N2O3S/c9-8(10,11)5-12-7(14)13-6-2-1-3-17(15,16)4-6/h6H,1-5H2,(H2,12,13,14). The molecule has 1 saturated heterocycles. The maximum absolute atomic E-state index is 11.8. The molecule has 0 aromatic carbocycles. The predicted octanol–water partition coefficient (Wildman–Crippen LogP) is 0.425. The molecule has 0 radical (unpaired) electrons. The summed E-state index contributed by atoms with van der Waals surface area (Å²) in [6.45, 7) is -1.43. The maximum atomic E-state index is 11.8. The molecule has 0 aromatic heterocycles. The third-order valence-electron chi connectivity index (χ3n) is 2.25. The van der Waals surface area contributed by atoms with Crippen molar-refractivity contribution in [3.63, 3.8) is 0 Å². The number of urea groups is 1. The topological polar surface area (TPSA) is 75.3 Å². The summed E-state index contributed by atoms with van der Waals surface area (Å²) in [5, 5.41) is 3.85. The molecule has 1 aliphatic rings. The van der Waals surface area contributed by atoms with Crippen LogP contribution in [-0.4, -0.2) is 44.7 Å². The van der Waals surface area contributed by atoms with Crippen molar-refractivity contribution in [2.24, 2.45) is 0 Å². The number of amides is 2. The summed E-state index contributed by atoms with van der Waals surface area (Å²) in [5.41, 5.74) is 0. The van der Waals surface area contributed by atoms with Gasteiger partial charge < -0.3 is 10.6 Å². The minimum absolute atomic E-state index is 0.0648. The highest BCUT2D eigenvalue weighted by Gasteiger charge is 2.29. The molecular weight excluding hydrogens is 261 g/mol. The molecule has 0 spiro atoms. The van der Waals surface area contributed by atoms with Gasteiger partial charge in [0, 0.05) is 6.04 Å². The summed E-state index contributed by atoms with van der Waals surface area (Å²) in [5.74, 6) is -0.151. The van der Waals surface area contributed by atoms with Crippen molar-refractivity contribution in [1.29, 1.82) is 0 Å². The molecule has 1 unspecified atom stereocenters. The smallest absolute Gasteiger partial charge is 0.334 e. The van der Waals surface area contributed by atoms with Crippen LogP contribution >= 0.6 is 0 Å². The molecule has 0 saturated carbocycles. The van der Waals surface area contributed by atoms with E-state index < -0.39 is 34.6 Å². The van der Waals surface area contributed by atoms with Crippen molar-refractivity contribution in [1.82, 2.24) is 10.6 Å². The quantitative estimate of drug-likeness (QED) is 0.766. The van der Waals surface area contributed by atoms with Crippen LogP contribution in [0.3, 0.4) is 0 Å². The second-order valence-corrected chi connectivity index (χ2v) is 6.12. The Morgan fingerprint density at radius 2 is 2.00 bits per heavy atom. The Labute approximate surface area is 96.7 Å². The van der Waals surface area contributed by atoms with Crippen molar-refractivity contribution < 1.29 is 26.4 Å². The zero-order valence-corrected chi connectivity index (χ0v) is 9.70. The molecule has 5 nitrogen and oxygen atoms in total. The number of hydrogen-bond donors (Lipinski definition) is 2. The molecule has 0 aliphatic carbocycles. The van der Waals surface area contributed by atoms with Crippen LogP contribution in [0.5, 0.6) is 0 Å². The van der Waals surface area contributed by atoms with Gasteiger partial charge in [-0.2, -0.15) is 13.2 Å². The number of halogens is 3. The van der Waals surface area contributed by atoms with E-state index in [0.29, 0.717) is 12.8 Å². The van der Waals surface area contributed by atoms with E-state index >= 15 is 0 Å². The largest absolute Gasteiger partial charge is 0.405 e. The zero-order valence-electron chi connectivity index (χ0n) is 8.88. The number of carbonyl (C=O) groups is 1. The van der Waals surface area contributed by atoms with Crippen molar-refractivity contribution in [2.75, 3.05) is 18.1 Å². The summed E-state index contributed by atoms with van der Waals surface area (Å²) < 4.78 is 57.8. The van der Waals surface area contributed by atoms with E-state index in [9.17, 15) is 26.4 Å². The fourth-order valence-electron chi connectivity index (χ4n) is 1.55. The number of hydrogen-bond acceptors (Lipinski definition) is 3. The number of carbonyl (C=O) groups excluding carboxylic acids is 1. The summed E-state index contributed by atoms with van der Waals surface area (Å²) in [4.78, 5) is 11.1. The third-order valence-corrected chi connectivity index (χ3v) is 4.07. The van der Waals surface area contributed by atoms with Gasteiger partial charge in [0.1, 0.15) is 6.54 Å². The van der Waals surface area contributed by atoms with Gasteiger partial charge in [-0.05, 0) is 12.8 Å². The monoisotopic (exact) mass is 274 g/mol. The van der Waals surface area contributed by atoms with Crippen LogP contribution in [0.4, 0.5) is 18.0 Å². The minimum Gasteiger partial charge on any atom is -0.334 e. The second kappa shape index (κ2) is 5.11. The van der Waals surface area contributed by atoms with Gasteiger partial charge in [-0.25, -0.2) is 13.2 Å². The Kier molecular flexibility index (Phi) is 4.23. The molecular formula is C8H13F3N2O3S. The molecule has 9 heteroatoms. The first-order valence-electron chi connectivity index (χ1n) is 4.99. The molecule has 1 aliphatic heterocycles. The molecule has 1 fully saturated rings. The number of rotatable bonds is 2. The van der Waals surface area contributed by atoms with E-state index in [1.54, 1.807) is 5.32 Å². The zero-order chi connectivity index (χ0) is 13.1. The van der Waals surface area contributed by atoms with Gasteiger partial charge in [-0.1, -0.05) is 0 Å². The van der Waals surface area contributed by atoms with Crippen LogP contribution in [0.25, 0.3) is 0 Å². The van der Waals surface area contributed by atoms with Crippen LogP contribution in [-0.2, 0) is 9.84 Å². The lowest BCUT2D eigenvalue weighted by molar-refractivity contribution is -0.122. The third kappa shape index (κ3) is 5.76. The molecule has 0 bridgehead atoms. The first-order chi connectivity index (χ1) is 7.68. The fourth-order valence-corrected chi connectivity index (χ4v) is 3.19. The van der Waals surface area contributed by atoms with Crippen LogP contribution in [0.1, 0.15) is 12.8 Å². The van der Waals surface area contributed by atoms with Crippen molar-refractivity contribution >= 4 is 15.9 Å². The highest BCUT2D eigenvalue weighted by Crippen LogP contribution is 2.13. The van der Waals surface area contributed by atoms with Gasteiger partial charge in [0.2, 0.25) is 0 Å². The summed E-state index contributed by atoms with van der Waals surface area (Å²) in [6, 6.07) is -1.61. The Morgan fingerprint density at radius 3 is 2.53 bits per heavy atom. The van der Waals surface area contributed by atoms with Gasteiger partial charge in [0.25, 0.3) is 0 Å². The molecule has 1 rings (SSSR count). The van der Waals surface area contributed by atoms with E-state index in [4.69, 9.17) is 0 Å². The molecule has 0 aromatic rings. The van der Waals surface area contributed by atoms with E-state index in [-0.39, 0.29) is 11.5 Å². The van der Waals surface area contributed by atoms with Crippen LogP contribution < -0.4 is 10.6 Å². The van der Waals surface area contributed by atoms with E-state index in [2.05, 4.69) is 5.32 Å². The number of nitrogens with one attached hydrogen (secondary N) is 2. The van der Waals surface area contributed by atoms with Crippen LogP contribution in [0.2, 0.25) is 0 Å². The maximum Gasteiger partial charge on any atom is 0.405 e. The van der Waals surface area contributed by atoms with E-state index in [0.717, 1.165) is 0 Å². The van der Waals surface area contributed by atoms with Gasteiger partial charge in [0.15, 0.2) is 9.84 Å². The van der Waals surface area contributed by atoms with Crippen molar-refractivity contribution in [2.45, 2.75) is 25.1 Å². The lowest BCUT2D eigenvalue weighted by Gasteiger charge is -2.23. The molecule has 2 N–H and O–H groups in total. The number of alkyl halides is 3. The average molecular weight is 274 g/mol. The second-order valence-electron chi connectivity index (χ2n) is 3.90. The minimum atomic E-state index is -4.48. The summed E-state index contributed by atoms with van der Waals surface area (Å²) >= 11 is 0. The van der Waals surface area contributed by atoms with Gasteiger partial charge in [-0.15, -0.1) is 0 Å². The Morgan fingerprint density at radius 1 is 1.35 bits per heavy atom. The predicted molar refractivity (Wildman–Crippen MR) is 54.3 cm³/mol. The number of sulfone groups is 1. The normalized spacial score (nSPS) is 24.1. The molecule has 1 heterocycles. The van der Waals surface area contributed by atoms with Gasteiger partial charge >= 0.3 is 12.2 Å². The van der Waals surface area contributed by atoms with Gasteiger partial charge in [-0.3, -0.25) is 0 Å². The highest BCUT2D eigenvalue weighted by atomic mass is 32.2. The Balaban J connectivity index is 2.36. The van der Waals surface area contributed by atoms with Gasteiger partial charge in [0.05, 0.1) is 11.5 Å². The lowest BCUT2D eigenvalue weighted by Crippen LogP contribution is -2.49. The SMILES string of the molecule is O=C(NCC(F)(F)F)NC1CCCS(=O)(=O)C1. The van der Waals surface area contributed by atoms with Crippen LogP contribution in [0.15, 0.2) is 0 Å².